The number of ketones is 1. The second-order valence-corrected chi connectivity index (χ2v) is 3.87. The van der Waals surface area contributed by atoms with E-state index in [-0.39, 0.29) is 16.1 Å². The van der Waals surface area contributed by atoms with Crippen LogP contribution in [0.2, 0.25) is 0 Å². The Morgan fingerprint density at radius 2 is 1.92 bits per heavy atom. The molecule has 0 atom stereocenters. The van der Waals surface area contributed by atoms with E-state index in [0.29, 0.717) is 10.0 Å². The van der Waals surface area contributed by atoms with Gasteiger partial charge in [0.15, 0.2) is 5.78 Å². The van der Waals surface area contributed by atoms with E-state index in [1.807, 2.05) is 0 Å². The molecule has 1 rings (SSSR count). The minimum atomic E-state index is -0.383. The standard InChI is InChI=1S/C8H5Br2FO/c1-4(12)5-2-3-6(11)8(10)7(5)9/h2-3H,1H3. The number of rotatable bonds is 1. The average molecular weight is 296 g/mol. The highest BCUT2D eigenvalue weighted by Gasteiger charge is 2.11. The van der Waals surface area contributed by atoms with Crippen molar-refractivity contribution in [3.63, 3.8) is 0 Å². The van der Waals surface area contributed by atoms with E-state index in [1.54, 1.807) is 0 Å². The first-order valence-electron chi connectivity index (χ1n) is 3.18. The van der Waals surface area contributed by atoms with Crippen LogP contribution in [-0.4, -0.2) is 5.78 Å². The van der Waals surface area contributed by atoms with Crippen molar-refractivity contribution in [3.8, 4) is 0 Å². The van der Waals surface area contributed by atoms with E-state index in [9.17, 15) is 9.18 Å². The number of Topliss-reactive ketones (excluding diaryl/α,β-unsaturated/α-hetero) is 1. The molecule has 4 heteroatoms. The fraction of sp³-hybridized carbons (Fsp3) is 0.125. The summed E-state index contributed by atoms with van der Waals surface area (Å²) in [5.41, 5.74) is 0.475. The summed E-state index contributed by atoms with van der Waals surface area (Å²) in [5.74, 6) is -0.477. The van der Waals surface area contributed by atoms with Gasteiger partial charge in [0.2, 0.25) is 0 Å². The molecule has 0 aliphatic carbocycles. The summed E-state index contributed by atoms with van der Waals surface area (Å²) in [6.45, 7) is 1.43. The SMILES string of the molecule is CC(=O)c1ccc(F)c(Br)c1Br. The van der Waals surface area contributed by atoms with Crippen LogP contribution in [0.4, 0.5) is 4.39 Å². The summed E-state index contributed by atoms with van der Waals surface area (Å²) in [6, 6.07) is 2.71. The molecule has 1 aromatic rings. The highest BCUT2D eigenvalue weighted by molar-refractivity contribution is 9.13. The van der Waals surface area contributed by atoms with Crippen molar-refractivity contribution in [2.45, 2.75) is 6.92 Å². The third-order valence-electron chi connectivity index (χ3n) is 1.41. The van der Waals surface area contributed by atoms with Crippen LogP contribution >= 0.6 is 31.9 Å². The fourth-order valence-corrected chi connectivity index (χ4v) is 1.74. The zero-order valence-corrected chi connectivity index (χ0v) is 9.37. The Balaban J connectivity index is 3.36. The Hall–Kier alpha value is -0.220. The molecule has 0 aliphatic heterocycles. The van der Waals surface area contributed by atoms with E-state index in [2.05, 4.69) is 31.9 Å². The normalized spacial score (nSPS) is 10.0. The molecule has 0 fully saturated rings. The van der Waals surface area contributed by atoms with Gasteiger partial charge in [-0.3, -0.25) is 4.79 Å². The average Bonchev–Trinajstić information content (AvgIpc) is 2.00. The lowest BCUT2D eigenvalue weighted by Crippen LogP contribution is -1.95. The molecule has 64 valence electrons. The zero-order chi connectivity index (χ0) is 9.30. The minimum Gasteiger partial charge on any atom is -0.294 e. The number of hydrogen-bond donors (Lipinski definition) is 0. The van der Waals surface area contributed by atoms with E-state index >= 15 is 0 Å². The highest BCUT2D eigenvalue weighted by atomic mass is 79.9. The van der Waals surface area contributed by atoms with Crippen molar-refractivity contribution < 1.29 is 9.18 Å². The van der Waals surface area contributed by atoms with Crippen LogP contribution in [0.3, 0.4) is 0 Å². The Morgan fingerprint density at radius 3 is 2.42 bits per heavy atom. The van der Waals surface area contributed by atoms with Gasteiger partial charge in [-0.1, -0.05) is 0 Å². The van der Waals surface area contributed by atoms with Crippen LogP contribution in [0.15, 0.2) is 21.1 Å². The van der Waals surface area contributed by atoms with Gasteiger partial charge in [0, 0.05) is 10.0 Å². The van der Waals surface area contributed by atoms with E-state index in [1.165, 1.54) is 19.1 Å². The topological polar surface area (TPSA) is 17.1 Å². The molecule has 0 spiro atoms. The first-order valence-corrected chi connectivity index (χ1v) is 4.77. The monoisotopic (exact) mass is 294 g/mol. The van der Waals surface area contributed by atoms with E-state index in [0.717, 1.165) is 0 Å². The molecular formula is C8H5Br2FO. The smallest absolute Gasteiger partial charge is 0.160 e. The maximum Gasteiger partial charge on any atom is 0.160 e. The molecule has 0 aromatic heterocycles. The number of carbonyl (C=O) groups excluding carboxylic acids is 1. The molecule has 0 unspecified atom stereocenters. The predicted octanol–water partition coefficient (Wildman–Crippen LogP) is 3.55. The van der Waals surface area contributed by atoms with Gasteiger partial charge in [-0.2, -0.15) is 0 Å². The third-order valence-corrected chi connectivity index (χ3v) is 3.55. The molecule has 0 heterocycles. The van der Waals surface area contributed by atoms with Gasteiger partial charge in [0.05, 0.1) is 4.47 Å². The van der Waals surface area contributed by atoms with Crippen molar-refractivity contribution in [1.29, 1.82) is 0 Å². The van der Waals surface area contributed by atoms with Gasteiger partial charge < -0.3 is 0 Å². The highest BCUT2D eigenvalue weighted by Crippen LogP contribution is 2.29. The molecule has 0 N–H and O–H groups in total. The molecule has 0 amide bonds. The van der Waals surface area contributed by atoms with Crippen LogP contribution < -0.4 is 0 Å². The van der Waals surface area contributed by atoms with Crippen LogP contribution in [0.25, 0.3) is 0 Å². The Morgan fingerprint density at radius 1 is 1.33 bits per heavy atom. The maximum atomic E-state index is 12.8. The lowest BCUT2D eigenvalue weighted by Gasteiger charge is -2.02. The van der Waals surface area contributed by atoms with Crippen LogP contribution in [0, 0.1) is 5.82 Å². The summed E-state index contributed by atoms with van der Waals surface area (Å²) >= 11 is 6.15. The van der Waals surface area contributed by atoms with Gasteiger partial charge in [0.1, 0.15) is 5.82 Å². The first-order chi connectivity index (χ1) is 5.54. The van der Waals surface area contributed by atoms with Crippen molar-refractivity contribution in [2.24, 2.45) is 0 Å². The summed E-state index contributed by atoms with van der Waals surface area (Å²) in [4.78, 5) is 11.0. The molecule has 1 aromatic carbocycles. The second-order valence-electron chi connectivity index (χ2n) is 2.28. The van der Waals surface area contributed by atoms with Crippen LogP contribution in [0.1, 0.15) is 17.3 Å². The number of benzene rings is 1. The molecule has 0 saturated heterocycles. The second kappa shape index (κ2) is 3.66. The molecule has 0 radical (unpaired) electrons. The van der Waals surface area contributed by atoms with Gasteiger partial charge in [-0.05, 0) is 50.9 Å². The lowest BCUT2D eigenvalue weighted by atomic mass is 10.1. The molecule has 1 nitrogen and oxygen atoms in total. The van der Waals surface area contributed by atoms with Crippen LogP contribution in [0.5, 0.6) is 0 Å². The molecule has 0 bridgehead atoms. The molecular weight excluding hydrogens is 291 g/mol. The van der Waals surface area contributed by atoms with E-state index in [4.69, 9.17) is 0 Å². The van der Waals surface area contributed by atoms with Gasteiger partial charge in [-0.15, -0.1) is 0 Å². The zero-order valence-electron chi connectivity index (χ0n) is 6.20. The van der Waals surface area contributed by atoms with Gasteiger partial charge in [-0.25, -0.2) is 4.39 Å². The largest absolute Gasteiger partial charge is 0.294 e. The summed E-state index contributed by atoms with van der Waals surface area (Å²) in [5, 5.41) is 0. The molecule has 0 saturated carbocycles. The van der Waals surface area contributed by atoms with Crippen molar-refractivity contribution in [1.82, 2.24) is 0 Å². The first kappa shape index (κ1) is 9.86. The van der Waals surface area contributed by atoms with Crippen molar-refractivity contribution in [2.75, 3.05) is 0 Å². The van der Waals surface area contributed by atoms with Gasteiger partial charge >= 0.3 is 0 Å². The minimum absolute atomic E-state index is 0.0948. The quantitative estimate of drug-likeness (QED) is 0.572. The Labute approximate surface area is 86.2 Å². The number of carbonyl (C=O) groups is 1. The number of halogens is 3. The summed E-state index contributed by atoms with van der Waals surface area (Å²) in [7, 11) is 0. The lowest BCUT2D eigenvalue weighted by molar-refractivity contribution is 0.101. The van der Waals surface area contributed by atoms with Crippen molar-refractivity contribution in [3.05, 3.63) is 32.5 Å². The number of hydrogen-bond acceptors (Lipinski definition) is 1. The Kier molecular flexibility index (Phi) is 3.01. The third kappa shape index (κ3) is 1.75. The molecule has 12 heavy (non-hydrogen) atoms. The fourth-order valence-electron chi connectivity index (χ4n) is 0.798. The Bertz CT molecular complexity index is 336. The van der Waals surface area contributed by atoms with Crippen molar-refractivity contribution >= 4 is 37.6 Å². The van der Waals surface area contributed by atoms with Gasteiger partial charge in [0.25, 0.3) is 0 Å². The van der Waals surface area contributed by atoms with Crippen LogP contribution in [-0.2, 0) is 0 Å². The summed E-state index contributed by atoms with van der Waals surface area (Å²) < 4.78 is 13.6. The maximum absolute atomic E-state index is 12.8. The predicted molar refractivity (Wildman–Crippen MR) is 51.8 cm³/mol. The molecule has 0 aliphatic rings. The summed E-state index contributed by atoms with van der Waals surface area (Å²) in [6.07, 6.45) is 0. The van der Waals surface area contributed by atoms with E-state index < -0.39 is 0 Å².